The smallest absolute Gasteiger partial charge is 0.227 e. The quantitative estimate of drug-likeness (QED) is 0.658. The topological polar surface area (TPSA) is 46.6 Å². The average molecular weight is 351 g/mol. The molecule has 0 bridgehead atoms. The molecule has 0 aliphatic heterocycles. The van der Waals surface area contributed by atoms with Gasteiger partial charge in [0.05, 0.1) is 7.11 Å². The summed E-state index contributed by atoms with van der Waals surface area (Å²) in [6.07, 6.45) is 2.76. The van der Waals surface area contributed by atoms with Crippen molar-refractivity contribution in [2.75, 3.05) is 12.0 Å². The van der Waals surface area contributed by atoms with Crippen LogP contribution in [-0.2, 0) is 4.79 Å². The van der Waals surface area contributed by atoms with E-state index in [0.29, 0.717) is 11.5 Å². The van der Waals surface area contributed by atoms with Crippen LogP contribution in [-0.4, -0.2) is 24.8 Å². The van der Waals surface area contributed by atoms with E-state index in [0.717, 1.165) is 24.3 Å². The van der Waals surface area contributed by atoms with Crippen LogP contribution in [0.4, 0.5) is 5.69 Å². The van der Waals surface area contributed by atoms with E-state index >= 15 is 0 Å². The summed E-state index contributed by atoms with van der Waals surface area (Å²) >= 11 is 0. The van der Waals surface area contributed by atoms with Gasteiger partial charge in [0, 0.05) is 30.1 Å². The molecule has 1 fully saturated rings. The van der Waals surface area contributed by atoms with E-state index in [2.05, 4.69) is 6.92 Å². The standard InChI is InChI=1S/C22H25NO3/c1-16(17-8-9-17)23(19-10-12-20(26-2)13-11-19)22(25)15-14-21(24)18-6-4-3-5-7-18/h3-7,10-13,16-17H,8-9,14-15H2,1-2H3. The summed E-state index contributed by atoms with van der Waals surface area (Å²) in [4.78, 5) is 27.1. The Hall–Kier alpha value is -2.62. The predicted molar refractivity (Wildman–Crippen MR) is 103 cm³/mol. The molecular weight excluding hydrogens is 326 g/mol. The first kappa shape index (κ1) is 18.2. The first-order chi connectivity index (χ1) is 12.6. The third kappa shape index (κ3) is 4.31. The van der Waals surface area contributed by atoms with Gasteiger partial charge in [-0.25, -0.2) is 0 Å². The Morgan fingerprint density at radius 2 is 1.69 bits per heavy atom. The van der Waals surface area contributed by atoms with Crippen molar-refractivity contribution in [2.24, 2.45) is 5.92 Å². The molecule has 0 heterocycles. The lowest BCUT2D eigenvalue weighted by Crippen LogP contribution is -2.40. The Morgan fingerprint density at radius 3 is 2.27 bits per heavy atom. The highest BCUT2D eigenvalue weighted by molar-refractivity contribution is 6.01. The van der Waals surface area contributed by atoms with Crippen LogP contribution >= 0.6 is 0 Å². The molecule has 1 atom stereocenters. The zero-order valence-electron chi connectivity index (χ0n) is 15.4. The van der Waals surface area contributed by atoms with Crippen LogP contribution in [0.25, 0.3) is 0 Å². The third-order valence-corrected chi connectivity index (χ3v) is 4.99. The Kier molecular flexibility index (Phi) is 5.71. The van der Waals surface area contributed by atoms with E-state index in [4.69, 9.17) is 4.74 Å². The minimum absolute atomic E-state index is 0.00107. The zero-order chi connectivity index (χ0) is 18.5. The molecule has 1 amide bonds. The molecule has 0 aromatic heterocycles. The molecule has 0 spiro atoms. The summed E-state index contributed by atoms with van der Waals surface area (Å²) in [5.41, 5.74) is 1.52. The van der Waals surface area contributed by atoms with Crippen LogP contribution in [0.1, 0.15) is 43.0 Å². The third-order valence-electron chi connectivity index (χ3n) is 4.99. The summed E-state index contributed by atoms with van der Waals surface area (Å²) in [5, 5.41) is 0. The highest BCUT2D eigenvalue weighted by Crippen LogP contribution is 2.37. The first-order valence-corrected chi connectivity index (χ1v) is 9.14. The van der Waals surface area contributed by atoms with Crippen molar-refractivity contribution in [1.82, 2.24) is 0 Å². The van der Waals surface area contributed by atoms with Crippen LogP contribution in [0.3, 0.4) is 0 Å². The van der Waals surface area contributed by atoms with Gasteiger partial charge in [-0.15, -0.1) is 0 Å². The van der Waals surface area contributed by atoms with Gasteiger partial charge in [0.25, 0.3) is 0 Å². The summed E-state index contributed by atoms with van der Waals surface area (Å²) in [7, 11) is 1.62. The number of ketones is 1. The molecule has 0 saturated heterocycles. The normalized spacial score (nSPS) is 14.5. The number of carbonyl (C=O) groups excluding carboxylic acids is 2. The Balaban J connectivity index is 1.71. The second-order valence-electron chi connectivity index (χ2n) is 6.83. The number of nitrogens with zero attached hydrogens (tertiary/aromatic N) is 1. The molecule has 136 valence electrons. The van der Waals surface area contributed by atoms with Gasteiger partial charge < -0.3 is 9.64 Å². The molecule has 2 aromatic carbocycles. The second kappa shape index (κ2) is 8.17. The van der Waals surface area contributed by atoms with E-state index < -0.39 is 0 Å². The van der Waals surface area contributed by atoms with E-state index in [9.17, 15) is 9.59 Å². The number of methoxy groups -OCH3 is 1. The van der Waals surface area contributed by atoms with Crippen molar-refractivity contribution in [3.8, 4) is 5.75 Å². The molecule has 1 saturated carbocycles. The fourth-order valence-electron chi connectivity index (χ4n) is 3.25. The Labute approximate surface area is 154 Å². The maximum Gasteiger partial charge on any atom is 0.227 e. The van der Waals surface area contributed by atoms with Gasteiger partial charge in [-0.1, -0.05) is 30.3 Å². The maximum absolute atomic E-state index is 13.0. The highest BCUT2D eigenvalue weighted by Gasteiger charge is 2.35. The van der Waals surface area contributed by atoms with Crippen LogP contribution in [0.15, 0.2) is 54.6 Å². The van der Waals surface area contributed by atoms with Gasteiger partial charge in [0.2, 0.25) is 5.91 Å². The van der Waals surface area contributed by atoms with Crippen LogP contribution in [0, 0.1) is 5.92 Å². The molecule has 3 rings (SSSR count). The number of hydrogen-bond acceptors (Lipinski definition) is 3. The van der Waals surface area contributed by atoms with E-state index in [-0.39, 0.29) is 30.6 Å². The number of Topliss-reactive ketones (excluding diaryl/α,β-unsaturated/α-hetero) is 1. The van der Waals surface area contributed by atoms with Crippen molar-refractivity contribution >= 4 is 17.4 Å². The molecule has 4 nitrogen and oxygen atoms in total. The van der Waals surface area contributed by atoms with E-state index in [1.165, 1.54) is 0 Å². The zero-order valence-corrected chi connectivity index (χ0v) is 15.4. The highest BCUT2D eigenvalue weighted by atomic mass is 16.5. The molecule has 26 heavy (non-hydrogen) atoms. The summed E-state index contributed by atoms with van der Waals surface area (Å²) in [6, 6.07) is 16.8. The minimum Gasteiger partial charge on any atom is -0.497 e. The molecule has 0 radical (unpaired) electrons. The van der Waals surface area contributed by atoms with Gasteiger partial charge in [-0.05, 0) is 49.9 Å². The largest absolute Gasteiger partial charge is 0.497 e. The van der Waals surface area contributed by atoms with Crippen LogP contribution < -0.4 is 9.64 Å². The number of rotatable bonds is 8. The lowest BCUT2D eigenvalue weighted by molar-refractivity contribution is -0.119. The monoisotopic (exact) mass is 351 g/mol. The number of ether oxygens (including phenoxy) is 1. The van der Waals surface area contributed by atoms with E-state index in [1.807, 2.05) is 47.4 Å². The fraction of sp³-hybridized carbons (Fsp3) is 0.364. The molecule has 1 unspecified atom stereocenters. The molecular formula is C22H25NO3. The van der Waals surface area contributed by atoms with Crippen molar-refractivity contribution < 1.29 is 14.3 Å². The van der Waals surface area contributed by atoms with Gasteiger partial charge in [0.15, 0.2) is 5.78 Å². The van der Waals surface area contributed by atoms with Crippen LogP contribution in [0.5, 0.6) is 5.75 Å². The fourth-order valence-corrected chi connectivity index (χ4v) is 3.25. The van der Waals surface area contributed by atoms with Crippen molar-refractivity contribution in [1.29, 1.82) is 0 Å². The lowest BCUT2D eigenvalue weighted by atomic mass is 10.0. The van der Waals surface area contributed by atoms with Gasteiger partial charge in [-0.3, -0.25) is 9.59 Å². The van der Waals surface area contributed by atoms with E-state index in [1.54, 1.807) is 19.2 Å². The van der Waals surface area contributed by atoms with Crippen molar-refractivity contribution in [3.05, 3.63) is 60.2 Å². The predicted octanol–water partition coefficient (Wildman–Crippen LogP) is 4.49. The number of carbonyl (C=O) groups is 2. The summed E-state index contributed by atoms with van der Waals surface area (Å²) < 4.78 is 5.21. The number of anilines is 1. The molecule has 0 N–H and O–H groups in total. The Morgan fingerprint density at radius 1 is 1.04 bits per heavy atom. The number of hydrogen-bond donors (Lipinski definition) is 0. The molecule has 1 aliphatic rings. The lowest BCUT2D eigenvalue weighted by Gasteiger charge is -2.30. The summed E-state index contributed by atoms with van der Waals surface area (Å²) in [5.74, 6) is 1.32. The SMILES string of the molecule is COc1ccc(N(C(=O)CCC(=O)c2ccccc2)C(C)C2CC2)cc1. The molecule has 2 aromatic rings. The number of amides is 1. The first-order valence-electron chi connectivity index (χ1n) is 9.14. The summed E-state index contributed by atoms with van der Waals surface area (Å²) in [6.45, 7) is 2.10. The molecule has 1 aliphatic carbocycles. The van der Waals surface area contributed by atoms with Gasteiger partial charge in [0.1, 0.15) is 5.75 Å². The minimum atomic E-state index is -0.00107. The molecule has 4 heteroatoms. The number of benzene rings is 2. The average Bonchev–Trinajstić information content (AvgIpc) is 3.53. The van der Waals surface area contributed by atoms with Crippen molar-refractivity contribution in [2.45, 2.75) is 38.6 Å². The Bertz CT molecular complexity index is 751. The van der Waals surface area contributed by atoms with Gasteiger partial charge in [-0.2, -0.15) is 0 Å². The maximum atomic E-state index is 13.0. The van der Waals surface area contributed by atoms with Gasteiger partial charge >= 0.3 is 0 Å². The van der Waals surface area contributed by atoms with Crippen molar-refractivity contribution in [3.63, 3.8) is 0 Å². The second-order valence-corrected chi connectivity index (χ2v) is 6.83. The van der Waals surface area contributed by atoms with Crippen LogP contribution in [0.2, 0.25) is 0 Å².